The number of amides is 2. The molecule has 1 N–H and O–H groups in total. The van der Waals surface area contributed by atoms with Gasteiger partial charge in [0.05, 0.1) is 0 Å². The van der Waals surface area contributed by atoms with Crippen molar-refractivity contribution in [3.63, 3.8) is 0 Å². The van der Waals surface area contributed by atoms with Crippen molar-refractivity contribution in [2.24, 2.45) is 5.92 Å². The smallest absolute Gasteiger partial charge is 0.249 e. The minimum atomic E-state index is -0.710. The van der Waals surface area contributed by atoms with E-state index in [0.29, 0.717) is 31.9 Å². The number of nitrogens with one attached hydrogen (secondary N) is 1. The van der Waals surface area contributed by atoms with Crippen LogP contribution in [-0.2, 0) is 14.3 Å². The van der Waals surface area contributed by atoms with Crippen molar-refractivity contribution < 1.29 is 14.3 Å². The summed E-state index contributed by atoms with van der Waals surface area (Å²) in [6.07, 6.45) is 4.11. The molecule has 2 fully saturated rings. The number of methoxy groups -OCH3 is 1. The standard InChI is InChI=1S/C16H28N2O3/c1-5-16(6-2)13(19)17-15(3,12-8-9-12)14(20)18(16)10-7-11-21-4/h12H,5-11H2,1-4H3,(H,17,19). The summed E-state index contributed by atoms with van der Waals surface area (Å²) in [5, 5.41) is 3.06. The van der Waals surface area contributed by atoms with Crippen molar-refractivity contribution >= 4 is 11.8 Å². The van der Waals surface area contributed by atoms with Crippen LogP contribution in [-0.4, -0.2) is 48.1 Å². The Bertz CT molecular complexity index is 416. The van der Waals surface area contributed by atoms with Crippen LogP contribution >= 0.6 is 0 Å². The van der Waals surface area contributed by atoms with Crippen molar-refractivity contribution in [3.05, 3.63) is 0 Å². The maximum absolute atomic E-state index is 13.1. The van der Waals surface area contributed by atoms with E-state index in [4.69, 9.17) is 4.74 Å². The molecule has 0 aromatic carbocycles. The maximum atomic E-state index is 13.1. The molecule has 0 spiro atoms. The van der Waals surface area contributed by atoms with Crippen molar-refractivity contribution in [1.29, 1.82) is 0 Å². The van der Waals surface area contributed by atoms with Crippen molar-refractivity contribution in [1.82, 2.24) is 10.2 Å². The summed E-state index contributed by atoms with van der Waals surface area (Å²) in [7, 11) is 1.66. The summed E-state index contributed by atoms with van der Waals surface area (Å²) in [4.78, 5) is 27.7. The van der Waals surface area contributed by atoms with Crippen molar-refractivity contribution in [2.75, 3.05) is 20.3 Å². The molecule has 2 aliphatic rings. The van der Waals surface area contributed by atoms with Gasteiger partial charge in [0.25, 0.3) is 0 Å². The van der Waals surface area contributed by atoms with Crippen LogP contribution in [0.2, 0.25) is 0 Å². The summed E-state index contributed by atoms with van der Waals surface area (Å²) < 4.78 is 5.10. The van der Waals surface area contributed by atoms with Crippen molar-refractivity contribution in [3.8, 4) is 0 Å². The topological polar surface area (TPSA) is 58.6 Å². The number of rotatable bonds is 7. The summed E-state index contributed by atoms with van der Waals surface area (Å²) >= 11 is 0. The van der Waals surface area contributed by atoms with E-state index in [1.165, 1.54) is 0 Å². The first kappa shape index (κ1) is 16.3. The van der Waals surface area contributed by atoms with E-state index in [9.17, 15) is 9.59 Å². The molecule has 1 saturated heterocycles. The summed E-state index contributed by atoms with van der Waals surface area (Å²) in [6, 6.07) is 0. The van der Waals surface area contributed by atoms with Gasteiger partial charge in [-0.15, -0.1) is 0 Å². The first-order valence-electron chi connectivity index (χ1n) is 8.10. The van der Waals surface area contributed by atoms with E-state index in [-0.39, 0.29) is 11.8 Å². The van der Waals surface area contributed by atoms with Crippen LogP contribution in [0, 0.1) is 5.92 Å². The lowest BCUT2D eigenvalue weighted by Crippen LogP contribution is -2.75. The Morgan fingerprint density at radius 3 is 2.38 bits per heavy atom. The number of nitrogens with zero attached hydrogens (tertiary/aromatic N) is 1. The van der Waals surface area contributed by atoms with E-state index in [2.05, 4.69) is 5.32 Å². The Balaban J connectivity index is 2.29. The zero-order valence-corrected chi connectivity index (χ0v) is 13.7. The molecular weight excluding hydrogens is 268 g/mol. The Morgan fingerprint density at radius 1 is 1.29 bits per heavy atom. The number of ether oxygens (including phenoxy) is 1. The van der Waals surface area contributed by atoms with Crippen LogP contribution in [0.3, 0.4) is 0 Å². The molecule has 0 radical (unpaired) electrons. The van der Waals surface area contributed by atoms with E-state index in [1.54, 1.807) is 7.11 Å². The second kappa shape index (κ2) is 5.95. The van der Waals surface area contributed by atoms with Crippen LogP contribution in [0.5, 0.6) is 0 Å². The van der Waals surface area contributed by atoms with Crippen LogP contribution in [0.4, 0.5) is 0 Å². The monoisotopic (exact) mass is 296 g/mol. The second-order valence-corrected chi connectivity index (χ2v) is 6.47. The Morgan fingerprint density at radius 2 is 1.90 bits per heavy atom. The van der Waals surface area contributed by atoms with Crippen LogP contribution in [0.25, 0.3) is 0 Å². The molecule has 1 aliphatic carbocycles. The number of piperazine rings is 1. The fourth-order valence-electron chi connectivity index (χ4n) is 3.58. The van der Waals surface area contributed by atoms with Crippen LogP contribution < -0.4 is 5.32 Å². The second-order valence-electron chi connectivity index (χ2n) is 6.47. The fourth-order valence-corrected chi connectivity index (χ4v) is 3.58. The summed E-state index contributed by atoms with van der Waals surface area (Å²) in [5.74, 6) is 0.397. The predicted molar refractivity (Wildman–Crippen MR) is 80.8 cm³/mol. The van der Waals surface area contributed by atoms with Gasteiger partial charge < -0.3 is 15.0 Å². The lowest BCUT2D eigenvalue weighted by molar-refractivity contribution is -0.164. The molecule has 21 heavy (non-hydrogen) atoms. The van der Waals surface area contributed by atoms with Gasteiger partial charge >= 0.3 is 0 Å². The minimum Gasteiger partial charge on any atom is -0.385 e. The van der Waals surface area contributed by atoms with E-state index < -0.39 is 11.1 Å². The third-order valence-corrected chi connectivity index (χ3v) is 5.30. The number of carbonyl (C=O) groups excluding carboxylic acids is 2. The molecule has 5 nitrogen and oxygen atoms in total. The number of hydrogen-bond acceptors (Lipinski definition) is 3. The molecule has 5 heteroatoms. The molecule has 1 unspecified atom stereocenters. The van der Waals surface area contributed by atoms with E-state index in [0.717, 1.165) is 19.3 Å². The molecule has 1 saturated carbocycles. The zero-order chi connectivity index (χ0) is 15.7. The minimum absolute atomic E-state index is 0.0129. The lowest BCUT2D eigenvalue weighted by Gasteiger charge is -2.51. The molecule has 1 heterocycles. The highest BCUT2D eigenvalue weighted by Gasteiger charge is 2.59. The lowest BCUT2D eigenvalue weighted by atomic mass is 9.80. The molecule has 2 amide bonds. The zero-order valence-electron chi connectivity index (χ0n) is 13.7. The first-order valence-corrected chi connectivity index (χ1v) is 8.10. The Labute approximate surface area is 127 Å². The van der Waals surface area contributed by atoms with Gasteiger partial charge in [-0.1, -0.05) is 13.8 Å². The van der Waals surface area contributed by atoms with Crippen LogP contribution in [0.1, 0.15) is 52.9 Å². The molecule has 0 aromatic rings. The number of hydrogen-bond donors (Lipinski definition) is 1. The molecule has 0 bridgehead atoms. The fraction of sp³-hybridized carbons (Fsp3) is 0.875. The highest BCUT2D eigenvalue weighted by molar-refractivity contribution is 6.02. The van der Waals surface area contributed by atoms with Gasteiger partial charge in [0, 0.05) is 20.3 Å². The van der Waals surface area contributed by atoms with Gasteiger partial charge in [-0.3, -0.25) is 9.59 Å². The molecule has 1 aliphatic heterocycles. The van der Waals surface area contributed by atoms with Gasteiger partial charge in [0.15, 0.2) is 0 Å². The summed E-state index contributed by atoms with van der Waals surface area (Å²) in [6.45, 7) is 7.06. The molecule has 120 valence electrons. The van der Waals surface area contributed by atoms with Gasteiger partial charge in [-0.05, 0) is 44.9 Å². The quantitative estimate of drug-likeness (QED) is 0.728. The largest absolute Gasteiger partial charge is 0.385 e. The summed E-state index contributed by atoms with van der Waals surface area (Å²) in [5.41, 5.74) is -1.41. The molecule has 1 atom stereocenters. The van der Waals surface area contributed by atoms with Gasteiger partial charge in [-0.2, -0.15) is 0 Å². The van der Waals surface area contributed by atoms with E-state index >= 15 is 0 Å². The van der Waals surface area contributed by atoms with Gasteiger partial charge in [0.2, 0.25) is 11.8 Å². The molecule has 0 aromatic heterocycles. The average Bonchev–Trinajstić information content (AvgIpc) is 3.30. The third kappa shape index (κ3) is 2.56. The van der Waals surface area contributed by atoms with Gasteiger partial charge in [-0.25, -0.2) is 0 Å². The van der Waals surface area contributed by atoms with Crippen molar-refractivity contribution in [2.45, 2.75) is 64.0 Å². The molecule has 2 rings (SSSR count). The van der Waals surface area contributed by atoms with E-state index in [1.807, 2.05) is 25.7 Å². The molecular formula is C16H28N2O3. The van der Waals surface area contributed by atoms with Gasteiger partial charge in [0.1, 0.15) is 11.1 Å². The maximum Gasteiger partial charge on any atom is 0.249 e. The Kier molecular flexibility index (Phi) is 4.61. The predicted octanol–water partition coefficient (Wildman–Crippen LogP) is 1.71. The third-order valence-electron chi connectivity index (χ3n) is 5.30. The normalized spacial score (nSPS) is 28.7. The SMILES string of the molecule is CCC1(CC)C(=O)NC(C)(C2CC2)C(=O)N1CCCOC. The average molecular weight is 296 g/mol. The Hall–Kier alpha value is -1.10. The van der Waals surface area contributed by atoms with Crippen LogP contribution in [0.15, 0.2) is 0 Å². The number of carbonyl (C=O) groups is 2. The highest BCUT2D eigenvalue weighted by Crippen LogP contribution is 2.44. The highest BCUT2D eigenvalue weighted by atomic mass is 16.5. The first-order chi connectivity index (χ1) is 9.96.